The molecule has 0 saturated carbocycles. The van der Waals surface area contributed by atoms with Crippen LogP contribution in [0.1, 0.15) is 34.1 Å². The van der Waals surface area contributed by atoms with Crippen LogP contribution in [0.2, 0.25) is 0 Å². The van der Waals surface area contributed by atoms with Crippen molar-refractivity contribution in [2.75, 3.05) is 20.3 Å². The van der Waals surface area contributed by atoms with E-state index in [0.29, 0.717) is 6.04 Å². The number of methoxy groups -OCH3 is 1. The lowest BCUT2D eigenvalue weighted by molar-refractivity contribution is 0.0887. The van der Waals surface area contributed by atoms with E-state index in [2.05, 4.69) is 32.6 Å². The molecule has 1 rings (SSSR count). The quantitative estimate of drug-likeness (QED) is 0.689. The Labute approximate surface area is 88.6 Å². The standard InChI is InChI=1S/C12H25NO/c1-9(2)12-11(8-14-5)6-7-13(12)10(3)4/h9-12H,6-8H2,1-5H3. The third-order valence-electron chi connectivity index (χ3n) is 3.35. The highest BCUT2D eigenvalue weighted by molar-refractivity contribution is 4.90. The molecule has 1 aliphatic heterocycles. The Morgan fingerprint density at radius 3 is 2.36 bits per heavy atom. The first-order valence-corrected chi connectivity index (χ1v) is 5.82. The van der Waals surface area contributed by atoms with Gasteiger partial charge in [-0.3, -0.25) is 4.90 Å². The third kappa shape index (κ3) is 2.48. The van der Waals surface area contributed by atoms with E-state index < -0.39 is 0 Å². The molecule has 1 saturated heterocycles. The summed E-state index contributed by atoms with van der Waals surface area (Å²) in [4.78, 5) is 2.63. The maximum atomic E-state index is 5.31. The summed E-state index contributed by atoms with van der Waals surface area (Å²) in [5.74, 6) is 1.47. The van der Waals surface area contributed by atoms with Gasteiger partial charge in [0.25, 0.3) is 0 Å². The van der Waals surface area contributed by atoms with E-state index in [4.69, 9.17) is 4.74 Å². The summed E-state index contributed by atoms with van der Waals surface area (Å²) in [5, 5.41) is 0. The van der Waals surface area contributed by atoms with Crippen molar-refractivity contribution in [3.63, 3.8) is 0 Å². The average Bonchev–Trinajstić information content (AvgIpc) is 2.48. The molecule has 0 amide bonds. The average molecular weight is 199 g/mol. The Kier molecular flexibility index (Phi) is 4.39. The van der Waals surface area contributed by atoms with Gasteiger partial charge in [0, 0.05) is 19.2 Å². The summed E-state index contributed by atoms with van der Waals surface area (Å²) in [6.45, 7) is 11.4. The van der Waals surface area contributed by atoms with Gasteiger partial charge in [0.05, 0.1) is 6.61 Å². The molecule has 0 aliphatic carbocycles. The van der Waals surface area contributed by atoms with Crippen LogP contribution in [0.25, 0.3) is 0 Å². The van der Waals surface area contributed by atoms with Gasteiger partial charge in [0.15, 0.2) is 0 Å². The molecule has 0 radical (unpaired) electrons. The second-order valence-electron chi connectivity index (χ2n) is 5.07. The van der Waals surface area contributed by atoms with E-state index >= 15 is 0 Å². The number of ether oxygens (including phenoxy) is 1. The molecule has 2 unspecified atom stereocenters. The zero-order valence-electron chi connectivity index (χ0n) is 10.3. The summed E-state index contributed by atoms with van der Waals surface area (Å²) in [6, 6.07) is 1.39. The number of hydrogen-bond acceptors (Lipinski definition) is 2. The van der Waals surface area contributed by atoms with E-state index in [1.807, 2.05) is 7.11 Å². The van der Waals surface area contributed by atoms with Gasteiger partial charge in [-0.05, 0) is 38.6 Å². The van der Waals surface area contributed by atoms with Gasteiger partial charge < -0.3 is 4.74 Å². The minimum atomic E-state index is 0.671. The van der Waals surface area contributed by atoms with Crippen LogP contribution >= 0.6 is 0 Å². The Morgan fingerprint density at radius 1 is 1.29 bits per heavy atom. The number of rotatable bonds is 4. The van der Waals surface area contributed by atoms with Crippen molar-refractivity contribution in [3.05, 3.63) is 0 Å². The van der Waals surface area contributed by atoms with E-state index in [-0.39, 0.29) is 0 Å². The van der Waals surface area contributed by atoms with Crippen molar-refractivity contribution in [3.8, 4) is 0 Å². The van der Waals surface area contributed by atoms with Crippen LogP contribution in [0.3, 0.4) is 0 Å². The maximum Gasteiger partial charge on any atom is 0.0506 e. The number of nitrogens with zero attached hydrogens (tertiary/aromatic N) is 1. The zero-order valence-corrected chi connectivity index (χ0v) is 10.3. The Hall–Kier alpha value is -0.0800. The molecule has 0 N–H and O–H groups in total. The first-order valence-electron chi connectivity index (χ1n) is 5.82. The largest absolute Gasteiger partial charge is 0.384 e. The van der Waals surface area contributed by atoms with Crippen LogP contribution in [0, 0.1) is 11.8 Å². The highest BCUT2D eigenvalue weighted by atomic mass is 16.5. The van der Waals surface area contributed by atoms with Gasteiger partial charge in [-0.25, -0.2) is 0 Å². The van der Waals surface area contributed by atoms with E-state index in [1.54, 1.807) is 0 Å². The molecule has 14 heavy (non-hydrogen) atoms. The normalized spacial score (nSPS) is 29.4. The topological polar surface area (TPSA) is 12.5 Å². The van der Waals surface area contributed by atoms with Crippen molar-refractivity contribution in [1.82, 2.24) is 4.90 Å². The van der Waals surface area contributed by atoms with Crippen LogP contribution in [-0.2, 0) is 4.74 Å². The minimum absolute atomic E-state index is 0.671. The fourth-order valence-corrected chi connectivity index (χ4v) is 2.83. The molecular formula is C12H25NO. The number of hydrogen-bond donors (Lipinski definition) is 0. The maximum absolute atomic E-state index is 5.31. The molecule has 1 aliphatic rings. The molecular weight excluding hydrogens is 174 g/mol. The molecule has 84 valence electrons. The highest BCUT2D eigenvalue weighted by Crippen LogP contribution is 2.31. The lowest BCUT2D eigenvalue weighted by Crippen LogP contribution is -2.42. The summed E-state index contributed by atoms with van der Waals surface area (Å²) in [5.41, 5.74) is 0. The second kappa shape index (κ2) is 5.13. The van der Waals surface area contributed by atoms with Crippen LogP contribution in [0.4, 0.5) is 0 Å². The van der Waals surface area contributed by atoms with Gasteiger partial charge in [-0.15, -0.1) is 0 Å². The smallest absolute Gasteiger partial charge is 0.0506 e. The number of likely N-dealkylation sites (tertiary alicyclic amines) is 1. The summed E-state index contributed by atoms with van der Waals surface area (Å²) in [6.07, 6.45) is 1.30. The predicted octanol–water partition coefficient (Wildman–Crippen LogP) is 2.39. The van der Waals surface area contributed by atoms with Gasteiger partial charge >= 0.3 is 0 Å². The molecule has 1 heterocycles. The predicted molar refractivity (Wildman–Crippen MR) is 60.5 cm³/mol. The first-order chi connectivity index (χ1) is 6.57. The SMILES string of the molecule is COCC1CCN(C(C)C)C1C(C)C. The van der Waals surface area contributed by atoms with E-state index in [1.165, 1.54) is 13.0 Å². The molecule has 0 bridgehead atoms. The van der Waals surface area contributed by atoms with Gasteiger partial charge in [0.1, 0.15) is 0 Å². The summed E-state index contributed by atoms with van der Waals surface area (Å²) >= 11 is 0. The third-order valence-corrected chi connectivity index (χ3v) is 3.35. The van der Waals surface area contributed by atoms with Crippen molar-refractivity contribution in [1.29, 1.82) is 0 Å². The van der Waals surface area contributed by atoms with Gasteiger partial charge in [-0.2, -0.15) is 0 Å². The van der Waals surface area contributed by atoms with Crippen molar-refractivity contribution >= 4 is 0 Å². The molecule has 2 atom stereocenters. The Balaban J connectivity index is 2.64. The van der Waals surface area contributed by atoms with E-state index in [0.717, 1.165) is 24.5 Å². The summed E-state index contributed by atoms with van der Waals surface area (Å²) < 4.78 is 5.31. The molecule has 0 aromatic heterocycles. The highest BCUT2D eigenvalue weighted by Gasteiger charge is 2.36. The lowest BCUT2D eigenvalue weighted by atomic mass is 9.91. The van der Waals surface area contributed by atoms with Gasteiger partial charge in [0.2, 0.25) is 0 Å². The lowest BCUT2D eigenvalue weighted by Gasteiger charge is -2.34. The fraction of sp³-hybridized carbons (Fsp3) is 1.00. The van der Waals surface area contributed by atoms with Crippen LogP contribution < -0.4 is 0 Å². The zero-order chi connectivity index (χ0) is 10.7. The van der Waals surface area contributed by atoms with Crippen LogP contribution in [0.15, 0.2) is 0 Å². The first kappa shape index (κ1) is 12.0. The van der Waals surface area contributed by atoms with Gasteiger partial charge in [-0.1, -0.05) is 13.8 Å². The van der Waals surface area contributed by atoms with Crippen molar-refractivity contribution in [2.45, 2.75) is 46.2 Å². The Morgan fingerprint density at radius 2 is 1.93 bits per heavy atom. The second-order valence-corrected chi connectivity index (χ2v) is 5.07. The van der Waals surface area contributed by atoms with Crippen LogP contribution in [-0.4, -0.2) is 37.2 Å². The Bertz CT molecular complexity index is 168. The van der Waals surface area contributed by atoms with Crippen molar-refractivity contribution in [2.24, 2.45) is 11.8 Å². The monoisotopic (exact) mass is 199 g/mol. The molecule has 2 nitrogen and oxygen atoms in total. The minimum Gasteiger partial charge on any atom is -0.384 e. The molecule has 0 spiro atoms. The molecule has 0 aromatic rings. The van der Waals surface area contributed by atoms with E-state index in [9.17, 15) is 0 Å². The molecule has 1 fully saturated rings. The molecule has 0 aromatic carbocycles. The fourth-order valence-electron chi connectivity index (χ4n) is 2.83. The van der Waals surface area contributed by atoms with Crippen LogP contribution in [0.5, 0.6) is 0 Å². The van der Waals surface area contributed by atoms with Crippen molar-refractivity contribution < 1.29 is 4.74 Å². The molecule has 2 heteroatoms. The summed E-state index contributed by atoms with van der Waals surface area (Å²) in [7, 11) is 1.81.